The molecule has 1 heterocycles. The first-order chi connectivity index (χ1) is 8.88. The molecule has 0 saturated heterocycles. The van der Waals surface area contributed by atoms with Crippen molar-refractivity contribution in [3.8, 4) is 0 Å². The van der Waals surface area contributed by atoms with Gasteiger partial charge in [-0.3, -0.25) is 9.48 Å². The number of halogens is 3. The minimum atomic E-state index is -0.848. The summed E-state index contributed by atoms with van der Waals surface area (Å²) >= 11 is 2.97. The molecule has 0 radical (unpaired) electrons. The monoisotopic (exact) mass is 329 g/mol. The van der Waals surface area contributed by atoms with E-state index in [2.05, 4.69) is 26.3 Å². The lowest BCUT2D eigenvalue weighted by atomic mass is 10.2. The maximum atomic E-state index is 13.6. The van der Waals surface area contributed by atoms with E-state index in [9.17, 15) is 13.6 Å². The minimum absolute atomic E-state index is 0.221. The van der Waals surface area contributed by atoms with Gasteiger partial charge in [-0.2, -0.15) is 5.10 Å². The molecule has 2 aromatic rings. The zero-order valence-corrected chi connectivity index (χ0v) is 11.8. The van der Waals surface area contributed by atoms with E-state index in [0.717, 1.165) is 12.1 Å². The Morgan fingerprint density at radius 3 is 2.37 bits per heavy atom. The molecule has 0 saturated carbocycles. The van der Waals surface area contributed by atoms with Crippen molar-refractivity contribution >= 4 is 27.5 Å². The van der Waals surface area contributed by atoms with Crippen molar-refractivity contribution in [3.05, 3.63) is 45.7 Å². The summed E-state index contributed by atoms with van der Waals surface area (Å²) in [5.41, 5.74) is 0.385. The average Bonchev–Trinajstić information content (AvgIpc) is 2.62. The summed E-state index contributed by atoms with van der Waals surface area (Å²) in [6, 6.07) is 3.68. The van der Waals surface area contributed by atoms with Gasteiger partial charge < -0.3 is 5.32 Å². The van der Waals surface area contributed by atoms with Crippen LogP contribution in [-0.4, -0.2) is 15.7 Å². The molecule has 1 amide bonds. The Labute approximate surface area is 116 Å². The number of benzene rings is 1. The molecule has 100 valence electrons. The first kappa shape index (κ1) is 13.7. The van der Waals surface area contributed by atoms with E-state index in [-0.39, 0.29) is 10.2 Å². The Kier molecular flexibility index (Phi) is 3.66. The molecule has 0 spiro atoms. The number of amides is 1. The molecule has 7 heteroatoms. The molecule has 0 atom stereocenters. The second-order valence-corrected chi connectivity index (χ2v) is 4.91. The first-order valence-corrected chi connectivity index (χ1v) is 6.14. The van der Waals surface area contributed by atoms with Crippen LogP contribution in [0.3, 0.4) is 0 Å². The fourth-order valence-corrected chi connectivity index (χ4v) is 2.06. The molecule has 0 aliphatic rings. The minimum Gasteiger partial charge on any atom is -0.316 e. The molecule has 19 heavy (non-hydrogen) atoms. The van der Waals surface area contributed by atoms with E-state index in [1.807, 2.05) is 0 Å². The third kappa shape index (κ3) is 2.81. The molecule has 1 N–H and O–H groups in total. The third-order valence-corrected chi connectivity index (χ3v) is 2.94. The maximum Gasteiger partial charge on any atom is 0.274 e. The van der Waals surface area contributed by atoms with Gasteiger partial charge in [0.15, 0.2) is 11.6 Å². The number of aryl methyl sites for hydroxylation is 2. The highest BCUT2D eigenvalue weighted by Crippen LogP contribution is 2.24. The van der Waals surface area contributed by atoms with Crippen LogP contribution >= 0.6 is 15.9 Å². The van der Waals surface area contributed by atoms with Gasteiger partial charge in [-0.15, -0.1) is 0 Å². The number of carbonyl (C=O) groups is 1. The van der Waals surface area contributed by atoms with Crippen molar-refractivity contribution in [1.29, 1.82) is 0 Å². The molecule has 2 rings (SSSR count). The van der Waals surface area contributed by atoms with E-state index in [0.29, 0.717) is 5.69 Å². The second-order valence-electron chi connectivity index (χ2n) is 3.99. The highest BCUT2D eigenvalue weighted by atomic mass is 79.9. The zero-order chi connectivity index (χ0) is 14.2. The van der Waals surface area contributed by atoms with Crippen molar-refractivity contribution in [1.82, 2.24) is 9.78 Å². The molecule has 0 aliphatic heterocycles. The summed E-state index contributed by atoms with van der Waals surface area (Å²) in [5.74, 6) is -2.32. The van der Waals surface area contributed by atoms with Crippen molar-refractivity contribution in [2.75, 3.05) is 5.32 Å². The Balaban J connectivity index is 2.32. The fourth-order valence-electron chi connectivity index (χ4n) is 1.66. The van der Waals surface area contributed by atoms with Crippen LogP contribution in [0, 0.1) is 18.6 Å². The quantitative estimate of drug-likeness (QED) is 0.920. The van der Waals surface area contributed by atoms with Gasteiger partial charge >= 0.3 is 0 Å². The number of carbonyl (C=O) groups excluding carboxylic acids is 1. The summed E-state index contributed by atoms with van der Waals surface area (Å²) in [5, 5.41) is 6.20. The highest BCUT2D eigenvalue weighted by molar-refractivity contribution is 9.10. The third-order valence-electron chi connectivity index (χ3n) is 2.48. The molecule has 0 fully saturated rings. The Hall–Kier alpha value is -1.76. The highest BCUT2D eigenvalue weighted by Gasteiger charge is 2.17. The first-order valence-electron chi connectivity index (χ1n) is 5.35. The van der Waals surface area contributed by atoms with Crippen LogP contribution < -0.4 is 5.32 Å². The van der Waals surface area contributed by atoms with Crippen LogP contribution in [0.1, 0.15) is 16.2 Å². The van der Waals surface area contributed by atoms with Crippen molar-refractivity contribution in [3.63, 3.8) is 0 Å². The number of hydrogen-bond donors (Lipinski definition) is 1. The van der Waals surface area contributed by atoms with Gasteiger partial charge in [-0.05, 0) is 25.1 Å². The van der Waals surface area contributed by atoms with Crippen molar-refractivity contribution < 1.29 is 13.6 Å². The van der Waals surface area contributed by atoms with Crippen LogP contribution in [0.2, 0.25) is 0 Å². The summed E-state index contributed by atoms with van der Waals surface area (Å²) in [7, 11) is 1.58. The van der Waals surface area contributed by atoms with Gasteiger partial charge in [0.25, 0.3) is 5.91 Å². The normalized spacial score (nSPS) is 10.6. The number of nitrogens with one attached hydrogen (secondary N) is 1. The van der Waals surface area contributed by atoms with Crippen LogP contribution in [0.15, 0.2) is 22.7 Å². The Morgan fingerprint density at radius 2 is 1.89 bits per heavy atom. The molecular weight excluding hydrogens is 320 g/mol. The summed E-state index contributed by atoms with van der Waals surface area (Å²) in [6.45, 7) is 1.72. The number of aromatic nitrogens is 2. The van der Waals surface area contributed by atoms with Crippen LogP contribution in [-0.2, 0) is 7.05 Å². The van der Waals surface area contributed by atoms with Crippen LogP contribution in [0.25, 0.3) is 0 Å². The summed E-state index contributed by atoms with van der Waals surface area (Å²) in [4.78, 5) is 11.9. The maximum absolute atomic E-state index is 13.6. The summed E-state index contributed by atoms with van der Waals surface area (Å²) in [6.07, 6.45) is 0. The lowest BCUT2D eigenvalue weighted by Gasteiger charge is -2.08. The van der Waals surface area contributed by atoms with Crippen LogP contribution in [0.4, 0.5) is 14.5 Å². The van der Waals surface area contributed by atoms with Gasteiger partial charge in [0.05, 0.1) is 5.69 Å². The zero-order valence-electron chi connectivity index (χ0n) is 10.2. The lowest BCUT2D eigenvalue weighted by molar-refractivity contribution is 0.101. The van der Waals surface area contributed by atoms with Crippen molar-refractivity contribution in [2.45, 2.75) is 6.92 Å². The number of hydrogen-bond acceptors (Lipinski definition) is 2. The molecule has 0 bridgehead atoms. The molecule has 1 aromatic heterocycles. The Morgan fingerprint density at radius 1 is 1.32 bits per heavy atom. The average molecular weight is 330 g/mol. The fraction of sp³-hybridized carbons (Fsp3) is 0.167. The van der Waals surface area contributed by atoms with E-state index in [1.165, 1.54) is 10.7 Å². The number of anilines is 1. The van der Waals surface area contributed by atoms with Gasteiger partial charge in [-0.1, -0.05) is 15.9 Å². The lowest BCUT2D eigenvalue weighted by Crippen LogP contribution is -2.17. The predicted octanol–water partition coefficient (Wildman–Crippen LogP) is 3.02. The van der Waals surface area contributed by atoms with E-state index in [1.54, 1.807) is 14.0 Å². The Bertz CT molecular complexity index is 631. The SMILES string of the molecule is Cc1cc(C(=O)Nc2c(F)cc(Br)cc2F)n(C)n1. The van der Waals surface area contributed by atoms with Gasteiger partial charge in [0.2, 0.25) is 0 Å². The summed E-state index contributed by atoms with van der Waals surface area (Å²) < 4.78 is 28.8. The standard InChI is InChI=1S/C12H10BrF2N3O/c1-6-3-10(18(2)17-6)12(19)16-11-8(14)4-7(13)5-9(11)15/h3-5H,1-2H3,(H,16,19). The largest absolute Gasteiger partial charge is 0.316 e. The molecule has 0 aliphatic carbocycles. The smallest absolute Gasteiger partial charge is 0.274 e. The number of nitrogens with zero attached hydrogens (tertiary/aromatic N) is 2. The van der Waals surface area contributed by atoms with E-state index < -0.39 is 23.2 Å². The molecule has 4 nitrogen and oxygen atoms in total. The van der Waals surface area contributed by atoms with Gasteiger partial charge in [-0.25, -0.2) is 8.78 Å². The van der Waals surface area contributed by atoms with E-state index >= 15 is 0 Å². The second kappa shape index (κ2) is 5.08. The van der Waals surface area contributed by atoms with Crippen LogP contribution in [0.5, 0.6) is 0 Å². The molecule has 0 unspecified atom stereocenters. The number of rotatable bonds is 2. The van der Waals surface area contributed by atoms with E-state index in [4.69, 9.17) is 0 Å². The predicted molar refractivity (Wildman–Crippen MR) is 70.0 cm³/mol. The topological polar surface area (TPSA) is 46.9 Å². The van der Waals surface area contributed by atoms with Gasteiger partial charge in [0, 0.05) is 11.5 Å². The van der Waals surface area contributed by atoms with Gasteiger partial charge in [0.1, 0.15) is 11.4 Å². The molecule has 1 aromatic carbocycles. The van der Waals surface area contributed by atoms with Crippen molar-refractivity contribution in [2.24, 2.45) is 7.05 Å². The molecular formula is C12H10BrF2N3O.